The van der Waals surface area contributed by atoms with Crippen LogP contribution >= 0.6 is 0 Å². The zero-order valence-electron chi connectivity index (χ0n) is 22.0. The molecule has 1 fully saturated rings. The molecule has 5 heterocycles. The van der Waals surface area contributed by atoms with E-state index in [1.54, 1.807) is 12.4 Å². The summed E-state index contributed by atoms with van der Waals surface area (Å²) in [5, 5.41) is 12.8. The van der Waals surface area contributed by atoms with E-state index in [1.807, 2.05) is 36.8 Å². The zero-order chi connectivity index (χ0) is 26.9. The number of fused-ring (bicyclic) bond motifs is 2. The van der Waals surface area contributed by atoms with Crippen molar-refractivity contribution in [3.8, 4) is 33.6 Å². The molecule has 1 aliphatic rings. The molecule has 1 saturated carbocycles. The number of anilines is 1. The quantitative estimate of drug-likeness (QED) is 0.213. The number of benzene rings is 1. The number of aromatic nitrogens is 6. The fourth-order valence-electron chi connectivity index (χ4n) is 5.86. The minimum atomic E-state index is 0.0569. The van der Waals surface area contributed by atoms with Gasteiger partial charge in [0.05, 0.1) is 17.6 Å². The Balaban J connectivity index is 1.19. The standard InChI is InChI=1S/C32H29N7O/c40-30(13-20-5-2-1-3-6-20)36-24-14-22(17-34-19-24)23-15-27-31(38-39-32(27)35-18-23)29-16-26-25(7-4-8-28(26)37-29)21-9-11-33-12-10-21/h4,7-12,14-20,37H,1-3,5-6,13H2,(H,36,40)(H,35,38,39). The lowest BCUT2D eigenvalue weighted by molar-refractivity contribution is -0.117. The number of nitrogens with zero attached hydrogens (tertiary/aromatic N) is 4. The summed E-state index contributed by atoms with van der Waals surface area (Å²) in [6.07, 6.45) is 15.5. The van der Waals surface area contributed by atoms with E-state index < -0.39 is 0 Å². The van der Waals surface area contributed by atoms with Crippen LogP contribution in [0.5, 0.6) is 0 Å². The molecule has 0 saturated heterocycles. The molecule has 8 nitrogen and oxygen atoms in total. The maximum atomic E-state index is 12.7. The van der Waals surface area contributed by atoms with E-state index in [0.717, 1.165) is 62.8 Å². The summed E-state index contributed by atoms with van der Waals surface area (Å²) in [4.78, 5) is 29.4. The number of carbonyl (C=O) groups is 1. The first kappa shape index (κ1) is 24.2. The van der Waals surface area contributed by atoms with Crippen LogP contribution in [0.4, 0.5) is 5.69 Å². The highest BCUT2D eigenvalue weighted by Crippen LogP contribution is 2.35. The third-order valence-corrected chi connectivity index (χ3v) is 7.88. The highest BCUT2D eigenvalue weighted by atomic mass is 16.1. The molecule has 0 spiro atoms. The Hall–Kier alpha value is -4.85. The lowest BCUT2D eigenvalue weighted by Crippen LogP contribution is -2.18. The molecular weight excluding hydrogens is 498 g/mol. The van der Waals surface area contributed by atoms with Gasteiger partial charge in [-0.15, -0.1) is 0 Å². The van der Waals surface area contributed by atoms with Crippen LogP contribution in [0.15, 0.2) is 79.5 Å². The first-order valence-corrected chi connectivity index (χ1v) is 13.8. The second-order valence-corrected chi connectivity index (χ2v) is 10.6. The number of aromatic amines is 2. The SMILES string of the molecule is O=C(CC1CCCCC1)Nc1cncc(-c2cnc3[nH]nc(-c4cc5c(-c6ccncc6)cccc5[nH]4)c3c2)c1. The topological polar surface area (TPSA) is 112 Å². The summed E-state index contributed by atoms with van der Waals surface area (Å²) in [5.74, 6) is 0.544. The molecule has 8 heteroatoms. The predicted molar refractivity (Wildman–Crippen MR) is 157 cm³/mol. The monoisotopic (exact) mass is 527 g/mol. The number of hydrogen-bond donors (Lipinski definition) is 3. The highest BCUT2D eigenvalue weighted by molar-refractivity contribution is 6.01. The fraction of sp³-hybridized carbons (Fsp3) is 0.219. The first-order valence-electron chi connectivity index (χ1n) is 13.8. The molecule has 6 aromatic rings. The summed E-state index contributed by atoms with van der Waals surface area (Å²) < 4.78 is 0. The Bertz CT molecular complexity index is 1820. The smallest absolute Gasteiger partial charge is 0.224 e. The van der Waals surface area contributed by atoms with Gasteiger partial charge in [0.25, 0.3) is 0 Å². The fourth-order valence-corrected chi connectivity index (χ4v) is 5.86. The van der Waals surface area contributed by atoms with Gasteiger partial charge in [-0.1, -0.05) is 31.4 Å². The Labute approximate surface area is 231 Å². The third-order valence-electron chi connectivity index (χ3n) is 7.88. The minimum absolute atomic E-state index is 0.0569. The summed E-state index contributed by atoms with van der Waals surface area (Å²) >= 11 is 0. The maximum Gasteiger partial charge on any atom is 0.224 e. The van der Waals surface area contributed by atoms with Crippen molar-refractivity contribution in [3.63, 3.8) is 0 Å². The van der Waals surface area contributed by atoms with E-state index in [4.69, 9.17) is 0 Å². The first-order chi connectivity index (χ1) is 19.7. The van der Waals surface area contributed by atoms with Crippen LogP contribution in [0.2, 0.25) is 0 Å². The maximum absolute atomic E-state index is 12.7. The van der Waals surface area contributed by atoms with E-state index in [-0.39, 0.29) is 5.91 Å². The molecule has 1 amide bonds. The van der Waals surface area contributed by atoms with Crippen LogP contribution < -0.4 is 5.32 Å². The number of carbonyl (C=O) groups excluding carboxylic acids is 1. The van der Waals surface area contributed by atoms with Gasteiger partial charge in [-0.05, 0) is 66.3 Å². The minimum Gasteiger partial charge on any atom is -0.353 e. The molecule has 0 atom stereocenters. The molecule has 40 heavy (non-hydrogen) atoms. The van der Waals surface area contributed by atoms with E-state index >= 15 is 0 Å². The average Bonchev–Trinajstić information content (AvgIpc) is 3.62. The van der Waals surface area contributed by atoms with Crippen molar-refractivity contribution in [1.29, 1.82) is 0 Å². The summed E-state index contributed by atoms with van der Waals surface area (Å²) in [5.41, 5.74) is 8.17. The van der Waals surface area contributed by atoms with Crippen molar-refractivity contribution in [2.45, 2.75) is 38.5 Å². The van der Waals surface area contributed by atoms with Crippen molar-refractivity contribution >= 4 is 33.5 Å². The molecule has 0 bridgehead atoms. The molecule has 0 aliphatic heterocycles. The molecule has 1 aromatic carbocycles. The number of amides is 1. The third kappa shape index (κ3) is 4.73. The van der Waals surface area contributed by atoms with Gasteiger partial charge in [0, 0.05) is 58.6 Å². The Morgan fingerprint density at radius 3 is 2.60 bits per heavy atom. The predicted octanol–water partition coefficient (Wildman–Crippen LogP) is 7.14. The normalized spacial score (nSPS) is 14.1. The second kappa shape index (κ2) is 10.4. The van der Waals surface area contributed by atoms with Crippen LogP contribution in [0, 0.1) is 5.92 Å². The van der Waals surface area contributed by atoms with Gasteiger partial charge in [-0.25, -0.2) is 4.98 Å². The number of nitrogens with one attached hydrogen (secondary N) is 3. The largest absolute Gasteiger partial charge is 0.353 e. The molecule has 198 valence electrons. The number of hydrogen-bond acceptors (Lipinski definition) is 5. The number of rotatable bonds is 6. The van der Waals surface area contributed by atoms with Gasteiger partial charge in [0.1, 0.15) is 5.69 Å². The van der Waals surface area contributed by atoms with E-state index in [1.165, 1.54) is 19.3 Å². The van der Waals surface area contributed by atoms with E-state index in [2.05, 4.69) is 65.8 Å². The Morgan fingerprint density at radius 2 is 1.73 bits per heavy atom. The lowest BCUT2D eigenvalue weighted by atomic mass is 9.87. The number of pyridine rings is 3. The van der Waals surface area contributed by atoms with E-state index in [9.17, 15) is 4.79 Å². The van der Waals surface area contributed by atoms with Crippen LogP contribution in [-0.4, -0.2) is 36.0 Å². The molecule has 7 rings (SSSR count). The summed E-state index contributed by atoms with van der Waals surface area (Å²) in [7, 11) is 0. The van der Waals surface area contributed by atoms with Crippen molar-refractivity contribution in [2.75, 3.05) is 5.32 Å². The molecule has 0 unspecified atom stereocenters. The van der Waals surface area contributed by atoms with Crippen molar-refractivity contribution < 1.29 is 4.79 Å². The van der Waals surface area contributed by atoms with Crippen molar-refractivity contribution in [3.05, 3.63) is 79.5 Å². The van der Waals surface area contributed by atoms with Gasteiger partial charge >= 0.3 is 0 Å². The molecular formula is C32H29N7O. The Kier molecular flexibility index (Phi) is 6.28. The van der Waals surface area contributed by atoms with Crippen LogP contribution in [0.1, 0.15) is 38.5 Å². The van der Waals surface area contributed by atoms with Crippen LogP contribution in [0.3, 0.4) is 0 Å². The van der Waals surface area contributed by atoms with Crippen LogP contribution in [0.25, 0.3) is 55.6 Å². The Morgan fingerprint density at radius 1 is 0.875 bits per heavy atom. The highest BCUT2D eigenvalue weighted by Gasteiger charge is 2.18. The second-order valence-electron chi connectivity index (χ2n) is 10.6. The van der Waals surface area contributed by atoms with E-state index in [0.29, 0.717) is 23.7 Å². The van der Waals surface area contributed by atoms with Gasteiger partial charge in [-0.3, -0.25) is 19.9 Å². The number of H-pyrrole nitrogens is 2. The molecule has 5 aromatic heterocycles. The van der Waals surface area contributed by atoms with Crippen molar-refractivity contribution in [2.24, 2.45) is 5.92 Å². The average molecular weight is 528 g/mol. The van der Waals surface area contributed by atoms with Gasteiger partial charge in [0.2, 0.25) is 5.91 Å². The molecule has 0 radical (unpaired) electrons. The van der Waals surface area contributed by atoms with Gasteiger partial charge in [0.15, 0.2) is 5.65 Å². The van der Waals surface area contributed by atoms with Crippen molar-refractivity contribution in [1.82, 2.24) is 30.1 Å². The van der Waals surface area contributed by atoms with Gasteiger partial charge < -0.3 is 10.3 Å². The zero-order valence-corrected chi connectivity index (χ0v) is 22.0. The molecule has 3 N–H and O–H groups in total. The van der Waals surface area contributed by atoms with Crippen LogP contribution in [-0.2, 0) is 4.79 Å². The lowest BCUT2D eigenvalue weighted by Gasteiger charge is -2.20. The summed E-state index contributed by atoms with van der Waals surface area (Å²) in [6, 6.07) is 16.4. The summed E-state index contributed by atoms with van der Waals surface area (Å²) in [6.45, 7) is 0. The molecule has 1 aliphatic carbocycles. The van der Waals surface area contributed by atoms with Gasteiger partial charge in [-0.2, -0.15) is 5.10 Å².